The maximum Gasteiger partial charge on any atom is 0.240 e. The Kier molecular flexibility index (Phi) is 5.82. The normalized spacial score (nSPS) is 18.6. The molecule has 2 aliphatic rings. The molecule has 1 unspecified atom stereocenters. The number of benzene rings is 2. The van der Waals surface area contributed by atoms with Crippen LogP contribution in [0.4, 0.5) is 0 Å². The monoisotopic (exact) mass is 404 g/mol. The van der Waals surface area contributed by atoms with Crippen molar-refractivity contribution in [1.82, 2.24) is 9.62 Å². The van der Waals surface area contributed by atoms with Crippen molar-refractivity contribution in [3.05, 3.63) is 54.1 Å². The maximum atomic E-state index is 12.9. The van der Waals surface area contributed by atoms with Gasteiger partial charge in [-0.05, 0) is 17.7 Å². The summed E-state index contributed by atoms with van der Waals surface area (Å²) in [6.45, 7) is 4.00. The highest BCUT2D eigenvalue weighted by Gasteiger charge is 2.26. The van der Waals surface area contributed by atoms with Gasteiger partial charge in [-0.1, -0.05) is 30.3 Å². The Labute approximate surface area is 165 Å². The number of nitrogens with one attached hydrogen (secondary N) is 1. The first-order valence-electron chi connectivity index (χ1n) is 9.39. The first-order valence-corrected chi connectivity index (χ1v) is 10.9. The standard InChI is InChI=1S/C20H24N2O5S/c23-28(24,17-6-7-19-20(14-17)27-13-12-26-19)21-15-18(16-4-2-1-3-5-16)22-8-10-25-11-9-22/h1-7,14,18,21H,8-13,15H2. The Hall–Kier alpha value is -2.13. The van der Waals surface area contributed by atoms with E-state index in [-0.39, 0.29) is 17.5 Å². The molecular formula is C20H24N2O5S. The van der Waals surface area contributed by atoms with E-state index < -0.39 is 10.0 Å². The highest BCUT2D eigenvalue weighted by Crippen LogP contribution is 2.32. The molecule has 2 aliphatic heterocycles. The van der Waals surface area contributed by atoms with E-state index in [4.69, 9.17) is 14.2 Å². The fourth-order valence-corrected chi connectivity index (χ4v) is 4.54. The van der Waals surface area contributed by atoms with Crippen molar-refractivity contribution in [3.63, 3.8) is 0 Å². The van der Waals surface area contributed by atoms with Gasteiger partial charge in [0.25, 0.3) is 0 Å². The van der Waals surface area contributed by atoms with Crippen LogP contribution in [0.2, 0.25) is 0 Å². The first-order chi connectivity index (χ1) is 13.6. The third kappa shape index (κ3) is 4.30. The predicted molar refractivity (Wildman–Crippen MR) is 104 cm³/mol. The predicted octanol–water partition coefficient (Wildman–Crippen LogP) is 1.81. The number of rotatable bonds is 6. The van der Waals surface area contributed by atoms with Crippen LogP contribution in [0, 0.1) is 0 Å². The largest absolute Gasteiger partial charge is 0.486 e. The minimum Gasteiger partial charge on any atom is -0.486 e. The van der Waals surface area contributed by atoms with Gasteiger partial charge in [-0.25, -0.2) is 13.1 Å². The smallest absolute Gasteiger partial charge is 0.240 e. The fourth-order valence-electron chi connectivity index (χ4n) is 3.48. The van der Waals surface area contributed by atoms with Crippen molar-refractivity contribution >= 4 is 10.0 Å². The maximum absolute atomic E-state index is 12.9. The van der Waals surface area contributed by atoms with Crippen molar-refractivity contribution in [2.45, 2.75) is 10.9 Å². The topological polar surface area (TPSA) is 77.1 Å². The van der Waals surface area contributed by atoms with Crippen LogP contribution in [-0.2, 0) is 14.8 Å². The van der Waals surface area contributed by atoms with Gasteiger partial charge in [0.15, 0.2) is 11.5 Å². The average Bonchev–Trinajstić information content (AvgIpc) is 2.75. The molecule has 0 bridgehead atoms. The molecule has 0 radical (unpaired) electrons. The van der Waals surface area contributed by atoms with Crippen molar-refractivity contribution in [3.8, 4) is 11.5 Å². The van der Waals surface area contributed by atoms with Gasteiger partial charge in [0.1, 0.15) is 13.2 Å². The minimum atomic E-state index is -3.68. The summed E-state index contributed by atoms with van der Waals surface area (Å²) >= 11 is 0. The molecule has 0 aromatic heterocycles. The van der Waals surface area contributed by atoms with Gasteiger partial charge in [-0.15, -0.1) is 0 Å². The summed E-state index contributed by atoms with van der Waals surface area (Å²) in [5, 5.41) is 0. The van der Waals surface area contributed by atoms with E-state index in [0.717, 1.165) is 18.7 Å². The number of ether oxygens (including phenoxy) is 3. The lowest BCUT2D eigenvalue weighted by molar-refractivity contribution is 0.0172. The van der Waals surface area contributed by atoms with Gasteiger partial charge in [-0.2, -0.15) is 0 Å². The fraction of sp³-hybridized carbons (Fsp3) is 0.400. The molecule has 1 fully saturated rings. The van der Waals surface area contributed by atoms with Crippen LogP contribution in [0.1, 0.15) is 11.6 Å². The van der Waals surface area contributed by atoms with Crippen LogP contribution >= 0.6 is 0 Å². The third-order valence-electron chi connectivity index (χ3n) is 4.96. The van der Waals surface area contributed by atoms with E-state index in [1.54, 1.807) is 12.1 Å². The number of nitrogens with zero attached hydrogens (tertiary/aromatic N) is 1. The first kappa shape index (κ1) is 19.2. The highest BCUT2D eigenvalue weighted by molar-refractivity contribution is 7.89. The summed E-state index contributed by atoms with van der Waals surface area (Å²) in [6, 6.07) is 14.6. The molecule has 4 rings (SSSR count). The van der Waals surface area contributed by atoms with Gasteiger partial charge in [0, 0.05) is 31.7 Å². The summed E-state index contributed by atoms with van der Waals surface area (Å²) in [5.41, 5.74) is 1.08. The van der Waals surface area contributed by atoms with Gasteiger partial charge in [0.2, 0.25) is 10.0 Å². The summed E-state index contributed by atoms with van der Waals surface area (Å²) in [5.74, 6) is 1.03. The van der Waals surface area contributed by atoms with E-state index in [1.165, 1.54) is 6.07 Å². The summed E-state index contributed by atoms with van der Waals surface area (Å²) in [4.78, 5) is 2.43. The second kappa shape index (κ2) is 8.48. The number of hydrogen-bond acceptors (Lipinski definition) is 6. The molecule has 150 valence electrons. The molecule has 2 heterocycles. The summed E-state index contributed by atoms with van der Waals surface area (Å²) in [7, 11) is -3.68. The number of hydrogen-bond donors (Lipinski definition) is 1. The molecule has 8 heteroatoms. The summed E-state index contributed by atoms with van der Waals surface area (Å²) < 4.78 is 45.0. The second-order valence-corrected chi connectivity index (χ2v) is 8.50. The van der Waals surface area contributed by atoms with Gasteiger partial charge in [-0.3, -0.25) is 4.90 Å². The van der Waals surface area contributed by atoms with Crippen molar-refractivity contribution in [1.29, 1.82) is 0 Å². The molecule has 1 N–H and O–H groups in total. The lowest BCUT2D eigenvalue weighted by Crippen LogP contribution is -2.43. The van der Waals surface area contributed by atoms with Gasteiger partial charge >= 0.3 is 0 Å². The Morgan fingerprint density at radius 2 is 1.64 bits per heavy atom. The molecule has 2 aromatic rings. The van der Waals surface area contributed by atoms with E-state index in [9.17, 15) is 8.42 Å². The SMILES string of the molecule is O=S(=O)(NCC(c1ccccc1)N1CCOCC1)c1ccc2c(c1)OCCO2. The zero-order valence-corrected chi connectivity index (χ0v) is 16.4. The molecule has 0 amide bonds. The van der Waals surface area contributed by atoms with Crippen LogP contribution in [0.5, 0.6) is 11.5 Å². The molecule has 0 saturated carbocycles. The van der Waals surface area contributed by atoms with Gasteiger partial charge in [0.05, 0.1) is 18.1 Å². The zero-order valence-electron chi connectivity index (χ0n) is 15.5. The van der Waals surface area contributed by atoms with Gasteiger partial charge < -0.3 is 14.2 Å². The molecule has 1 atom stereocenters. The Morgan fingerprint density at radius 1 is 0.929 bits per heavy atom. The zero-order chi connectivity index (χ0) is 19.4. The van der Waals surface area contributed by atoms with Crippen LogP contribution in [-0.4, -0.2) is 59.4 Å². The summed E-state index contributed by atoms with van der Waals surface area (Å²) in [6.07, 6.45) is 0. The van der Waals surface area contributed by atoms with E-state index >= 15 is 0 Å². The third-order valence-corrected chi connectivity index (χ3v) is 6.38. The quantitative estimate of drug-likeness (QED) is 0.791. The molecule has 28 heavy (non-hydrogen) atoms. The lowest BCUT2D eigenvalue weighted by Gasteiger charge is -2.34. The molecule has 2 aromatic carbocycles. The Balaban J connectivity index is 1.52. The van der Waals surface area contributed by atoms with E-state index in [2.05, 4.69) is 9.62 Å². The van der Waals surface area contributed by atoms with Crippen LogP contribution in [0.25, 0.3) is 0 Å². The minimum absolute atomic E-state index is 0.0583. The second-order valence-electron chi connectivity index (χ2n) is 6.73. The van der Waals surface area contributed by atoms with Crippen molar-refractivity contribution in [2.24, 2.45) is 0 Å². The molecule has 0 aliphatic carbocycles. The van der Waals surface area contributed by atoms with Crippen LogP contribution in [0.15, 0.2) is 53.4 Å². The number of morpholine rings is 1. The van der Waals surface area contributed by atoms with E-state index in [1.807, 2.05) is 30.3 Å². The molecule has 0 spiro atoms. The van der Waals surface area contributed by atoms with Crippen molar-refractivity contribution < 1.29 is 22.6 Å². The molecular weight excluding hydrogens is 380 g/mol. The number of fused-ring (bicyclic) bond motifs is 1. The lowest BCUT2D eigenvalue weighted by atomic mass is 10.1. The molecule has 1 saturated heterocycles. The Bertz CT molecular complexity index is 898. The van der Waals surface area contributed by atoms with E-state index in [0.29, 0.717) is 37.9 Å². The van der Waals surface area contributed by atoms with Crippen LogP contribution < -0.4 is 14.2 Å². The number of sulfonamides is 1. The molecule has 7 nitrogen and oxygen atoms in total. The Morgan fingerprint density at radius 3 is 2.39 bits per heavy atom. The van der Waals surface area contributed by atoms with Crippen LogP contribution in [0.3, 0.4) is 0 Å². The average molecular weight is 404 g/mol. The van der Waals surface area contributed by atoms with Crippen molar-refractivity contribution in [2.75, 3.05) is 46.1 Å². The highest BCUT2D eigenvalue weighted by atomic mass is 32.2.